The molecular weight excluding hydrogens is 470 g/mol. The smallest absolute Gasteiger partial charge is 0.423 e. The van der Waals surface area contributed by atoms with Crippen LogP contribution in [-0.2, 0) is 0 Å². The third-order valence-electron chi connectivity index (χ3n) is 1.50. The molecule has 2 nitrogen and oxygen atoms in total. The van der Waals surface area contributed by atoms with E-state index in [1.165, 1.54) is 0 Å². The van der Waals surface area contributed by atoms with Gasteiger partial charge in [-0.15, -0.1) is 0 Å². The molecule has 0 heterocycles. The van der Waals surface area contributed by atoms with E-state index in [4.69, 9.17) is 21.6 Å². The van der Waals surface area contributed by atoms with E-state index in [0.29, 0.717) is 28.4 Å². The molecular formula is C6H2BBr4ClO2. The van der Waals surface area contributed by atoms with Crippen molar-refractivity contribution in [1.29, 1.82) is 0 Å². The van der Waals surface area contributed by atoms with Gasteiger partial charge in [-0.1, -0.05) is 11.6 Å². The first kappa shape index (κ1) is 13.5. The van der Waals surface area contributed by atoms with E-state index in [2.05, 4.69) is 63.7 Å². The lowest BCUT2D eigenvalue weighted by Gasteiger charge is -2.12. The Morgan fingerprint density at radius 3 is 1.50 bits per heavy atom. The summed E-state index contributed by atoms with van der Waals surface area (Å²) >= 11 is 18.8. The lowest BCUT2D eigenvalue weighted by atomic mass is 9.80. The van der Waals surface area contributed by atoms with Crippen LogP contribution in [0.4, 0.5) is 0 Å². The van der Waals surface area contributed by atoms with Gasteiger partial charge in [0.25, 0.3) is 0 Å². The molecule has 1 aromatic rings. The van der Waals surface area contributed by atoms with E-state index in [1.54, 1.807) is 0 Å². The molecule has 0 unspecified atom stereocenters. The molecule has 0 aromatic heterocycles. The maximum atomic E-state index is 9.14. The zero-order valence-corrected chi connectivity index (χ0v) is 13.5. The highest BCUT2D eigenvalue weighted by Gasteiger charge is 2.25. The number of halogens is 5. The Morgan fingerprint density at radius 2 is 1.21 bits per heavy atom. The second kappa shape index (κ2) is 5.16. The topological polar surface area (TPSA) is 40.5 Å². The minimum absolute atomic E-state index is 0.313. The summed E-state index contributed by atoms with van der Waals surface area (Å²) in [4.78, 5) is 0. The van der Waals surface area contributed by atoms with Gasteiger partial charge in [-0.2, -0.15) is 0 Å². The highest BCUT2D eigenvalue weighted by atomic mass is 79.9. The van der Waals surface area contributed by atoms with Crippen LogP contribution in [0.15, 0.2) is 17.9 Å². The average Bonchev–Trinajstić information content (AvgIpc) is 2.11. The van der Waals surface area contributed by atoms with Gasteiger partial charge in [0, 0.05) is 14.4 Å². The molecule has 0 spiro atoms. The van der Waals surface area contributed by atoms with Crippen molar-refractivity contribution in [1.82, 2.24) is 0 Å². The third-order valence-corrected chi connectivity index (χ3v) is 6.63. The summed E-state index contributed by atoms with van der Waals surface area (Å²) in [6.07, 6.45) is 0. The molecule has 0 aliphatic heterocycles. The fraction of sp³-hybridized carbons (Fsp3) is 0. The van der Waals surface area contributed by atoms with Crippen molar-refractivity contribution in [2.24, 2.45) is 0 Å². The van der Waals surface area contributed by atoms with Crippen LogP contribution in [0, 0.1) is 0 Å². The summed E-state index contributed by atoms with van der Waals surface area (Å²) in [6, 6.07) is 0. The number of hydrogen-bond donors (Lipinski definition) is 2. The molecule has 14 heavy (non-hydrogen) atoms. The fourth-order valence-corrected chi connectivity index (χ4v) is 3.82. The highest BCUT2D eigenvalue weighted by molar-refractivity contribution is 9.14. The fourth-order valence-electron chi connectivity index (χ4n) is 0.849. The molecule has 0 amide bonds. The molecule has 0 bridgehead atoms. The molecule has 76 valence electrons. The summed E-state index contributed by atoms with van der Waals surface area (Å²) in [7, 11) is -1.58. The van der Waals surface area contributed by atoms with Crippen molar-refractivity contribution in [3.8, 4) is 0 Å². The first-order chi connectivity index (χ1) is 6.37. The first-order valence-corrected chi connectivity index (χ1v) is 6.80. The van der Waals surface area contributed by atoms with Crippen LogP contribution < -0.4 is 5.46 Å². The van der Waals surface area contributed by atoms with Crippen LogP contribution in [0.25, 0.3) is 0 Å². The maximum absolute atomic E-state index is 9.14. The zero-order valence-electron chi connectivity index (χ0n) is 6.36. The summed E-state index contributed by atoms with van der Waals surface area (Å²) in [6.45, 7) is 0. The molecule has 0 saturated carbocycles. The SMILES string of the molecule is OB(O)c1c(Br)c(Br)c(Cl)c(Br)c1Br. The van der Waals surface area contributed by atoms with E-state index in [1.807, 2.05) is 0 Å². The zero-order chi connectivity index (χ0) is 11.0. The number of rotatable bonds is 1. The molecule has 0 saturated heterocycles. The van der Waals surface area contributed by atoms with Crippen LogP contribution in [0.3, 0.4) is 0 Å². The lowest BCUT2D eigenvalue weighted by Crippen LogP contribution is -2.32. The lowest BCUT2D eigenvalue weighted by molar-refractivity contribution is 0.425. The van der Waals surface area contributed by atoms with Gasteiger partial charge in [-0.25, -0.2) is 0 Å². The second-order valence-electron chi connectivity index (χ2n) is 2.36. The van der Waals surface area contributed by atoms with E-state index >= 15 is 0 Å². The molecule has 1 rings (SSSR count). The summed E-state index contributed by atoms with van der Waals surface area (Å²) in [5, 5.41) is 18.7. The van der Waals surface area contributed by atoms with Crippen LogP contribution in [0.2, 0.25) is 5.02 Å². The van der Waals surface area contributed by atoms with Crippen molar-refractivity contribution < 1.29 is 10.0 Å². The third kappa shape index (κ3) is 2.39. The predicted molar refractivity (Wildman–Crippen MR) is 72.1 cm³/mol. The van der Waals surface area contributed by atoms with Gasteiger partial charge in [0.2, 0.25) is 0 Å². The van der Waals surface area contributed by atoms with Crippen molar-refractivity contribution in [3.05, 3.63) is 22.9 Å². The van der Waals surface area contributed by atoms with Crippen molar-refractivity contribution in [2.45, 2.75) is 0 Å². The van der Waals surface area contributed by atoms with Crippen molar-refractivity contribution in [2.75, 3.05) is 0 Å². The van der Waals surface area contributed by atoms with Gasteiger partial charge in [0.1, 0.15) is 0 Å². The second-order valence-corrected chi connectivity index (χ2v) is 5.91. The summed E-state index contributed by atoms with van der Waals surface area (Å²) < 4.78 is 2.15. The minimum Gasteiger partial charge on any atom is -0.423 e. The van der Waals surface area contributed by atoms with E-state index < -0.39 is 7.12 Å². The molecule has 1 aromatic carbocycles. The van der Waals surface area contributed by atoms with Gasteiger partial charge < -0.3 is 10.0 Å². The number of benzene rings is 1. The van der Waals surface area contributed by atoms with Gasteiger partial charge in [0.05, 0.1) is 14.0 Å². The largest absolute Gasteiger partial charge is 0.490 e. The quantitative estimate of drug-likeness (QED) is 0.375. The van der Waals surface area contributed by atoms with Gasteiger partial charge in [-0.3, -0.25) is 0 Å². The van der Waals surface area contributed by atoms with Gasteiger partial charge >= 0.3 is 7.12 Å². The average molecular weight is 472 g/mol. The minimum atomic E-state index is -1.58. The van der Waals surface area contributed by atoms with Gasteiger partial charge in [-0.05, 0) is 63.7 Å². The molecule has 0 fully saturated rings. The Balaban J connectivity index is 3.60. The Bertz CT molecular complexity index is 356. The Hall–Kier alpha value is 1.41. The number of hydrogen-bond acceptors (Lipinski definition) is 2. The highest BCUT2D eigenvalue weighted by Crippen LogP contribution is 2.39. The normalized spacial score (nSPS) is 10.5. The van der Waals surface area contributed by atoms with Crippen LogP contribution in [0.1, 0.15) is 0 Å². The Morgan fingerprint density at radius 1 is 0.857 bits per heavy atom. The van der Waals surface area contributed by atoms with E-state index in [-0.39, 0.29) is 0 Å². The van der Waals surface area contributed by atoms with Crippen molar-refractivity contribution in [3.63, 3.8) is 0 Å². The molecule has 0 aliphatic carbocycles. The molecule has 0 aliphatic rings. The summed E-state index contributed by atoms with van der Waals surface area (Å²) in [5.74, 6) is 0. The maximum Gasteiger partial charge on any atom is 0.490 e. The first-order valence-electron chi connectivity index (χ1n) is 3.25. The predicted octanol–water partition coefficient (Wildman–Crippen LogP) is 3.07. The standard InChI is InChI=1S/C6H2BBr4ClO2/c8-2-1(7(13)14)3(9)5(11)6(12)4(2)10/h13-14H. The molecule has 2 N–H and O–H groups in total. The van der Waals surface area contributed by atoms with Crippen LogP contribution in [-0.4, -0.2) is 17.2 Å². The van der Waals surface area contributed by atoms with Crippen LogP contribution >= 0.6 is 75.3 Å². The Kier molecular flexibility index (Phi) is 4.97. The van der Waals surface area contributed by atoms with Crippen molar-refractivity contribution >= 4 is 87.9 Å². The molecule has 0 atom stereocenters. The van der Waals surface area contributed by atoms with E-state index in [0.717, 1.165) is 0 Å². The van der Waals surface area contributed by atoms with E-state index in [9.17, 15) is 0 Å². The Labute approximate surface area is 120 Å². The monoisotopic (exact) mass is 468 g/mol. The van der Waals surface area contributed by atoms with Gasteiger partial charge in [0.15, 0.2) is 0 Å². The summed E-state index contributed by atoms with van der Waals surface area (Å²) in [5.41, 5.74) is 0.313. The van der Waals surface area contributed by atoms with Crippen LogP contribution in [0.5, 0.6) is 0 Å². The molecule has 0 radical (unpaired) electrons. The molecule has 8 heteroatoms.